The van der Waals surface area contributed by atoms with Crippen molar-refractivity contribution < 1.29 is 14.6 Å². The Labute approximate surface area is 103 Å². The Bertz CT molecular complexity index is 620. The van der Waals surface area contributed by atoms with Crippen molar-refractivity contribution in [2.75, 3.05) is 7.11 Å². The largest absolute Gasteiger partial charge is 0.495 e. The lowest BCUT2D eigenvalue weighted by atomic mass is 10.2. The number of nitrogens with zero attached hydrogens (tertiary/aromatic N) is 1. The van der Waals surface area contributed by atoms with Gasteiger partial charge in [-0.2, -0.15) is 0 Å². The van der Waals surface area contributed by atoms with Crippen LogP contribution in [-0.4, -0.2) is 22.6 Å². The number of ether oxygens (including phenoxy) is 1. The molecule has 90 valence electrons. The van der Waals surface area contributed by atoms with Crippen molar-refractivity contribution in [3.05, 3.63) is 46.4 Å². The summed E-state index contributed by atoms with van der Waals surface area (Å²) >= 11 is 0. The molecule has 2 aromatic rings. The maximum Gasteiger partial charge on any atom is 0.341 e. The lowest BCUT2D eigenvalue weighted by Gasteiger charge is -2.07. The fourth-order valence-corrected chi connectivity index (χ4v) is 1.53. The van der Waals surface area contributed by atoms with Gasteiger partial charge in [0, 0.05) is 12.3 Å². The van der Waals surface area contributed by atoms with Gasteiger partial charge in [0.2, 0.25) is 0 Å². The number of fused-ring (bicyclic) bond motifs is 1. The number of pyridine rings is 2. The van der Waals surface area contributed by atoms with E-state index < -0.39 is 11.5 Å². The van der Waals surface area contributed by atoms with Crippen molar-refractivity contribution in [2.45, 2.75) is 0 Å². The molecule has 0 aromatic carbocycles. The van der Waals surface area contributed by atoms with Crippen molar-refractivity contribution in [3.8, 4) is 5.75 Å². The third-order valence-electron chi connectivity index (χ3n) is 2.29. The van der Waals surface area contributed by atoms with E-state index in [9.17, 15) is 9.59 Å². The van der Waals surface area contributed by atoms with Crippen LogP contribution < -0.4 is 10.3 Å². The molecule has 0 unspecified atom stereocenters. The maximum atomic E-state index is 11.8. The standard InChI is InChI=1S/C11H9NO4.ClH/c1-16-9-6-7(11(14)15)10(13)12-5-3-2-4-8(9)12;/h2-6H,1H3,(H,14,15);1H. The number of carbonyl (C=O) groups is 1. The molecule has 2 heterocycles. The van der Waals surface area contributed by atoms with Gasteiger partial charge in [-0.05, 0) is 12.1 Å². The van der Waals surface area contributed by atoms with E-state index in [1.165, 1.54) is 23.8 Å². The molecule has 0 spiro atoms. The van der Waals surface area contributed by atoms with Crippen LogP contribution in [0.3, 0.4) is 0 Å². The molecule has 0 aliphatic rings. The van der Waals surface area contributed by atoms with Crippen molar-refractivity contribution in [3.63, 3.8) is 0 Å². The van der Waals surface area contributed by atoms with Gasteiger partial charge >= 0.3 is 5.97 Å². The number of halogens is 1. The molecule has 1 N–H and O–H groups in total. The Morgan fingerprint density at radius 2 is 2.12 bits per heavy atom. The summed E-state index contributed by atoms with van der Waals surface area (Å²) in [4.78, 5) is 22.6. The second kappa shape index (κ2) is 4.88. The molecule has 2 rings (SSSR count). The highest BCUT2D eigenvalue weighted by Crippen LogP contribution is 2.18. The number of hydrogen-bond donors (Lipinski definition) is 1. The third-order valence-corrected chi connectivity index (χ3v) is 2.29. The summed E-state index contributed by atoms with van der Waals surface area (Å²) in [5, 5.41) is 8.88. The van der Waals surface area contributed by atoms with E-state index in [2.05, 4.69) is 0 Å². The summed E-state index contributed by atoms with van der Waals surface area (Å²) in [5.41, 5.74) is -0.329. The molecule has 0 amide bonds. The molecule has 0 aliphatic carbocycles. The average Bonchev–Trinajstić information content (AvgIpc) is 2.29. The highest BCUT2D eigenvalue weighted by Gasteiger charge is 2.14. The molecule has 0 atom stereocenters. The summed E-state index contributed by atoms with van der Waals surface area (Å²) in [6.45, 7) is 0. The molecule has 0 saturated heterocycles. The molecular weight excluding hydrogens is 246 g/mol. The van der Waals surface area contributed by atoms with Gasteiger partial charge < -0.3 is 9.84 Å². The van der Waals surface area contributed by atoms with E-state index in [1.807, 2.05) is 0 Å². The van der Waals surface area contributed by atoms with Gasteiger partial charge in [0.15, 0.2) is 0 Å². The molecule has 2 aromatic heterocycles. The van der Waals surface area contributed by atoms with Gasteiger partial charge in [-0.3, -0.25) is 9.20 Å². The predicted molar refractivity (Wildman–Crippen MR) is 64.4 cm³/mol. The van der Waals surface area contributed by atoms with Crippen LogP contribution in [0.5, 0.6) is 5.75 Å². The first-order valence-electron chi connectivity index (χ1n) is 4.57. The highest BCUT2D eigenvalue weighted by atomic mass is 35.5. The molecule has 0 bridgehead atoms. The molecule has 0 fully saturated rings. The van der Waals surface area contributed by atoms with E-state index in [0.29, 0.717) is 11.3 Å². The van der Waals surface area contributed by atoms with Gasteiger partial charge in [-0.15, -0.1) is 12.4 Å². The number of aromatic nitrogens is 1. The Kier molecular flexibility index (Phi) is 3.75. The fourth-order valence-electron chi connectivity index (χ4n) is 1.53. The minimum absolute atomic E-state index is 0. The SMILES string of the molecule is COc1cc(C(=O)O)c(=O)n2ccccc12.Cl. The molecule has 0 aliphatic heterocycles. The number of carboxylic acid groups (broad SMARTS) is 1. The minimum atomic E-state index is -1.26. The number of rotatable bonds is 2. The lowest BCUT2D eigenvalue weighted by molar-refractivity contribution is 0.0694. The van der Waals surface area contributed by atoms with Crippen molar-refractivity contribution in [1.29, 1.82) is 0 Å². The highest BCUT2D eigenvalue weighted by molar-refractivity contribution is 5.88. The van der Waals surface area contributed by atoms with Gasteiger partial charge in [0.1, 0.15) is 11.3 Å². The maximum absolute atomic E-state index is 11.8. The number of methoxy groups -OCH3 is 1. The van der Waals surface area contributed by atoms with Gasteiger partial charge in [0.25, 0.3) is 5.56 Å². The quantitative estimate of drug-likeness (QED) is 0.881. The van der Waals surface area contributed by atoms with Crippen LogP contribution in [0.15, 0.2) is 35.3 Å². The van der Waals surface area contributed by atoms with E-state index in [4.69, 9.17) is 9.84 Å². The molecule has 6 heteroatoms. The second-order valence-corrected chi connectivity index (χ2v) is 3.19. The van der Waals surface area contributed by atoms with Crippen LogP contribution in [0.2, 0.25) is 0 Å². The monoisotopic (exact) mass is 255 g/mol. The van der Waals surface area contributed by atoms with Crippen LogP contribution in [0.25, 0.3) is 5.52 Å². The number of aromatic carboxylic acids is 1. The number of hydrogen-bond acceptors (Lipinski definition) is 3. The van der Waals surface area contributed by atoms with E-state index >= 15 is 0 Å². The summed E-state index contributed by atoms with van der Waals surface area (Å²) in [5.74, 6) is -0.904. The normalized spacial score (nSPS) is 9.71. The topological polar surface area (TPSA) is 68.0 Å². The van der Waals surface area contributed by atoms with E-state index in [0.717, 1.165) is 0 Å². The fraction of sp³-hybridized carbons (Fsp3) is 0.0909. The second-order valence-electron chi connectivity index (χ2n) is 3.19. The summed E-state index contributed by atoms with van der Waals surface area (Å²) in [7, 11) is 1.43. The van der Waals surface area contributed by atoms with Crippen LogP contribution in [0.4, 0.5) is 0 Å². The Balaban J connectivity index is 0.00000144. The minimum Gasteiger partial charge on any atom is -0.495 e. The van der Waals surface area contributed by atoms with Gasteiger partial charge in [-0.25, -0.2) is 4.79 Å². The molecular formula is C11H10ClNO4. The summed E-state index contributed by atoms with van der Waals surface area (Å²) in [6, 6.07) is 6.32. The van der Waals surface area contributed by atoms with Crippen molar-refractivity contribution in [2.24, 2.45) is 0 Å². The first-order chi connectivity index (χ1) is 7.65. The molecule has 0 saturated carbocycles. The Morgan fingerprint density at radius 1 is 1.41 bits per heavy atom. The predicted octanol–water partition coefficient (Wildman–Crippen LogP) is 1.43. The Hall–Kier alpha value is -2.01. The van der Waals surface area contributed by atoms with Gasteiger partial charge in [-0.1, -0.05) is 6.07 Å². The van der Waals surface area contributed by atoms with Crippen molar-refractivity contribution in [1.82, 2.24) is 4.40 Å². The molecule has 17 heavy (non-hydrogen) atoms. The Morgan fingerprint density at radius 3 is 2.71 bits per heavy atom. The van der Waals surface area contributed by atoms with Gasteiger partial charge in [0.05, 0.1) is 12.6 Å². The van der Waals surface area contributed by atoms with Crippen LogP contribution >= 0.6 is 12.4 Å². The zero-order valence-electron chi connectivity index (χ0n) is 8.91. The summed E-state index contributed by atoms with van der Waals surface area (Å²) in [6.07, 6.45) is 1.51. The average molecular weight is 256 g/mol. The third kappa shape index (κ3) is 2.09. The lowest BCUT2D eigenvalue weighted by Crippen LogP contribution is -2.22. The van der Waals surface area contributed by atoms with Crippen LogP contribution in [-0.2, 0) is 0 Å². The van der Waals surface area contributed by atoms with Crippen LogP contribution in [0, 0.1) is 0 Å². The van der Waals surface area contributed by atoms with E-state index in [1.54, 1.807) is 18.2 Å². The van der Waals surface area contributed by atoms with E-state index in [-0.39, 0.29) is 18.0 Å². The first-order valence-corrected chi connectivity index (χ1v) is 4.57. The zero-order valence-corrected chi connectivity index (χ0v) is 9.73. The summed E-state index contributed by atoms with van der Waals surface area (Å²) < 4.78 is 6.30. The van der Waals surface area contributed by atoms with Crippen molar-refractivity contribution >= 4 is 23.9 Å². The molecule has 5 nitrogen and oxygen atoms in total. The number of carboxylic acids is 1. The smallest absolute Gasteiger partial charge is 0.341 e. The molecule has 0 radical (unpaired) electrons. The zero-order chi connectivity index (χ0) is 11.7. The van der Waals surface area contributed by atoms with Crippen LogP contribution in [0.1, 0.15) is 10.4 Å². The first kappa shape index (κ1) is 13.1.